The molecule has 0 bridgehead atoms. The third-order valence-electron chi connectivity index (χ3n) is 2.97. The largest absolute Gasteiger partial charge is 0.304 e. The van der Waals surface area contributed by atoms with E-state index < -0.39 is 0 Å². The topological polar surface area (TPSA) is 29.9 Å². The summed E-state index contributed by atoms with van der Waals surface area (Å²) in [6.07, 6.45) is 2.98. The van der Waals surface area contributed by atoms with Crippen LogP contribution in [0.1, 0.15) is 35.5 Å². The molecule has 3 nitrogen and oxygen atoms in total. The molecule has 2 aromatic heterocycles. The fourth-order valence-electron chi connectivity index (χ4n) is 2.03. The van der Waals surface area contributed by atoms with E-state index in [1.807, 2.05) is 17.9 Å². The van der Waals surface area contributed by atoms with Crippen molar-refractivity contribution in [3.8, 4) is 0 Å². The molecule has 0 saturated heterocycles. The number of aromatic nitrogens is 2. The average molecular weight is 328 g/mol. The molecule has 2 heterocycles. The zero-order valence-electron chi connectivity index (χ0n) is 10.9. The predicted molar refractivity (Wildman–Crippen MR) is 80.1 cm³/mol. The van der Waals surface area contributed by atoms with Gasteiger partial charge in [0.2, 0.25) is 0 Å². The minimum atomic E-state index is 0.215. The molecule has 0 spiro atoms. The molecular formula is C13H18BrN3S. The number of halogens is 1. The first-order valence-electron chi connectivity index (χ1n) is 6.10. The predicted octanol–water partition coefficient (Wildman–Crippen LogP) is 3.64. The Morgan fingerprint density at radius 2 is 2.33 bits per heavy atom. The SMILES string of the molecule is CCCNC(c1sccc1C)c1c(Br)cnn1C. The van der Waals surface area contributed by atoms with Gasteiger partial charge in [-0.15, -0.1) is 11.3 Å². The van der Waals surface area contributed by atoms with Crippen LogP contribution in [0.3, 0.4) is 0 Å². The maximum absolute atomic E-state index is 4.32. The van der Waals surface area contributed by atoms with Crippen LogP contribution in [-0.2, 0) is 7.05 Å². The summed E-state index contributed by atoms with van der Waals surface area (Å²) in [6.45, 7) is 5.35. The second-order valence-corrected chi connectivity index (χ2v) is 6.16. The molecule has 0 aliphatic heterocycles. The van der Waals surface area contributed by atoms with Crippen molar-refractivity contribution in [1.29, 1.82) is 0 Å². The van der Waals surface area contributed by atoms with Gasteiger partial charge in [0.15, 0.2) is 0 Å². The monoisotopic (exact) mass is 327 g/mol. The highest BCUT2D eigenvalue weighted by atomic mass is 79.9. The average Bonchev–Trinajstić information content (AvgIpc) is 2.90. The Morgan fingerprint density at radius 1 is 1.56 bits per heavy atom. The van der Waals surface area contributed by atoms with Gasteiger partial charge in [0, 0.05) is 11.9 Å². The van der Waals surface area contributed by atoms with Crippen molar-refractivity contribution >= 4 is 27.3 Å². The second-order valence-electron chi connectivity index (χ2n) is 4.36. The van der Waals surface area contributed by atoms with Crippen molar-refractivity contribution < 1.29 is 0 Å². The van der Waals surface area contributed by atoms with Crippen LogP contribution < -0.4 is 5.32 Å². The third-order valence-corrected chi connectivity index (χ3v) is 4.67. The molecule has 2 aromatic rings. The molecule has 0 fully saturated rings. The van der Waals surface area contributed by atoms with Gasteiger partial charge in [0.1, 0.15) is 0 Å². The van der Waals surface area contributed by atoms with Crippen LogP contribution in [0.5, 0.6) is 0 Å². The number of nitrogens with one attached hydrogen (secondary N) is 1. The Hall–Kier alpha value is -0.650. The number of nitrogens with zero attached hydrogens (tertiary/aromatic N) is 2. The Morgan fingerprint density at radius 3 is 2.83 bits per heavy atom. The summed E-state index contributed by atoms with van der Waals surface area (Å²) in [5.41, 5.74) is 2.52. The van der Waals surface area contributed by atoms with Crippen molar-refractivity contribution in [2.45, 2.75) is 26.3 Å². The van der Waals surface area contributed by atoms with Crippen LogP contribution >= 0.6 is 27.3 Å². The lowest BCUT2D eigenvalue weighted by molar-refractivity contribution is 0.556. The summed E-state index contributed by atoms with van der Waals surface area (Å²) in [5.74, 6) is 0. The van der Waals surface area contributed by atoms with E-state index in [1.165, 1.54) is 16.1 Å². The number of hydrogen-bond acceptors (Lipinski definition) is 3. The first-order valence-corrected chi connectivity index (χ1v) is 7.77. The first-order chi connectivity index (χ1) is 8.65. The van der Waals surface area contributed by atoms with Crippen molar-refractivity contribution in [2.24, 2.45) is 7.05 Å². The molecule has 0 amide bonds. The van der Waals surface area contributed by atoms with Crippen molar-refractivity contribution in [2.75, 3.05) is 6.54 Å². The Kier molecular flexibility index (Phi) is 4.59. The summed E-state index contributed by atoms with van der Waals surface area (Å²) >= 11 is 5.40. The minimum Gasteiger partial charge on any atom is -0.304 e. The van der Waals surface area contributed by atoms with E-state index >= 15 is 0 Å². The molecule has 0 aliphatic rings. The Bertz CT molecular complexity index is 499. The molecule has 18 heavy (non-hydrogen) atoms. The summed E-state index contributed by atoms with van der Waals surface area (Å²) in [7, 11) is 1.99. The van der Waals surface area contributed by atoms with E-state index in [0.29, 0.717) is 0 Å². The minimum absolute atomic E-state index is 0.215. The number of thiophene rings is 1. The molecule has 5 heteroatoms. The zero-order chi connectivity index (χ0) is 13.1. The van der Waals surface area contributed by atoms with Crippen LogP contribution in [0.2, 0.25) is 0 Å². The maximum Gasteiger partial charge on any atom is 0.0855 e. The molecule has 0 aromatic carbocycles. The zero-order valence-corrected chi connectivity index (χ0v) is 13.3. The fraction of sp³-hybridized carbons (Fsp3) is 0.462. The van der Waals surface area contributed by atoms with Gasteiger partial charge in [-0.25, -0.2) is 0 Å². The van der Waals surface area contributed by atoms with E-state index in [4.69, 9.17) is 0 Å². The molecule has 2 rings (SSSR count). The van der Waals surface area contributed by atoms with Gasteiger partial charge in [-0.05, 0) is 52.8 Å². The van der Waals surface area contributed by atoms with E-state index in [0.717, 1.165) is 17.4 Å². The van der Waals surface area contributed by atoms with E-state index in [-0.39, 0.29) is 6.04 Å². The molecule has 1 N–H and O–H groups in total. The number of hydrogen-bond donors (Lipinski definition) is 1. The normalized spacial score (nSPS) is 12.9. The van der Waals surface area contributed by atoms with Crippen molar-refractivity contribution in [3.05, 3.63) is 38.3 Å². The number of aryl methyl sites for hydroxylation is 2. The maximum atomic E-state index is 4.32. The van der Waals surface area contributed by atoms with Crippen molar-refractivity contribution in [3.63, 3.8) is 0 Å². The highest BCUT2D eigenvalue weighted by Crippen LogP contribution is 2.32. The Labute approximate surface area is 120 Å². The molecule has 98 valence electrons. The van der Waals surface area contributed by atoms with E-state index in [9.17, 15) is 0 Å². The van der Waals surface area contributed by atoms with Crippen LogP contribution in [0.25, 0.3) is 0 Å². The van der Waals surface area contributed by atoms with Crippen LogP contribution in [-0.4, -0.2) is 16.3 Å². The highest BCUT2D eigenvalue weighted by molar-refractivity contribution is 9.10. The summed E-state index contributed by atoms with van der Waals surface area (Å²) in [4.78, 5) is 1.37. The van der Waals surface area contributed by atoms with Crippen LogP contribution in [0.15, 0.2) is 22.1 Å². The lowest BCUT2D eigenvalue weighted by Crippen LogP contribution is -2.25. The third kappa shape index (κ3) is 2.68. The lowest BCUT2D eigenvalue weighted by atomic mass is 10.1. The standard InChI is InChI=1S/C13H18BrN3S/c1-4-6-15-11(13-9(2)5-7-18-13)12-10(14)8-16-17(12)3/h5,7-8,11,15H,4,6H2,1-3H3. The van der Waals surface area contributed by atoms with Crippen LogP contribution in [0, 0.1) is 6.92 Å². The Balaban J connectivity index is 2.40. The van der Waals surface area contributed by atoms with Gasteiger partial charge in [0.25, 0.3) is 0 Å². The summed E-state index contributed by atoms with van der Waals surface area (Å²) < 4.78 is 3.00. The highest BCUT2D eigenvalue weighted by Gasteiger charge is 2.22. The smallest absolute Gasteiger partial charge is 0.0855 e. The quantitative estimate of drug-likeness (QED) is 0.908. The lowest BCUT2D eigenvalue weighted by Gasteiger charge is -2.19. The van der Waals surface area contributed by atoms with Crippen LogP contribution in [0.4, 0.5) is 0 Å². The molecule has 0 aliphatic carbocycles. The van der Waals surface area contributed by atoms with Gasteiger partial charge >= 0.3 is 0 Å². The summed E-state index contributed by atoms with van der Waals surface area (Å²) in [6, 6.07) is 2.39. The van der Waals surface area contributed by atoms with E-state index in [1.54, 1.807) is 11.3 Å². The van der Waals surface area contributed by atoms with Gasteiger partial charge < -0.3 is 5.32 Å². The molecule has 1 unspecified atom stereocenters. The molecule has 0 saturated carbocycles. The number of rotatable bonds is 5. The van der Waals surface area contributed by atoms with Crippen molar-refractivity contribution in [1.82, 2.24) is 15.1 Å². The second kappa shape index (κ2) is 5.99. The van der Waals surface area contributed by atoms with Gasteiger partial charge in [0.05, 0.1) is 22.4 Å². The summed E-state index contributed by atoms with van der Waals surface area (Å²) in [5, 5.41) is 10.1. The molecular weight excluding hydrogens is 310 g/mol. The van der Waals surface area contributed by atoms with Gasteiger partial charge in [-0.1, -0.05) is 6.92 Å². The first kappa shape index (κ1) is 13.8. The van der Waals surface area contributed by atoms with Gasteiger partial charge in [-0.2, -0.15) is 5.10 Å². The molecule has 0 radical (unpaired) electrons. The molecule has 1 atom stereocenters. The van der Waals surface area contributed by atoms with E-state index in [2.05, 4.69) is 51.6 Å². The fourth-order valence-corrected chi connectivity index (χ4v) is 3.61. The van der Waals surface area contributed by atoms with Gasteiger partial charge in [-0.3, -0.25) is 4.68 Å².